The van der Waals surface area contributed by atoms with Gasteiger partial charge >= 0.3 is 23.9 Å². The second-order valence-corrected chi connectivity index (χ2v) is 4.76. The average Bonchev–Trinajstić information content (AvgIpc) is 2.21. The molecule has 8 nitrogen and oxygen atoms in total. The Morgan fingerprint density at radius 1 is 0.778 bits per heavy atom. The Bertz CT molecular complexity index is 452. The quantitative estimate of drug-likeness (QED) is 0.504. The van der Waals surface area contributed by atoms with Crippen LogP contribution in [0.5, 0.6) is 0 Å². The highest BCUT2D eigenvalue weighted by molar-refractivity contribution is 6.09. The molecule has 1 aliphatic carbocycles. The van der Waals surface area contributed by atoms with Crippen LogP contribution in [-0.4, -0.2) is 44.3 Å². The normalized spacial score (nSPS) is 33.2. The zero-order chi connectivity index (χ0) is 14.5. The van der Waals surface area contributed by atoms with Gasteiger partial charge < -0.3 is 20.4 Å². The summed E-state index contributed by atoms with van der Waals surface area (Å²) in [5.41, 5.74) is -7.01. The summed E-state index contributed by atoms with van der Waals surface area (Å²) in [6.07, 6.45) is -0.775. The monoisotopic (exact) mass is 260 g/mol. The van der Waals surface area contributed by atoms with E-state index < -0.39 is 46.5 Å². The van der Waals surface area contributed by atoms with Crippen molar-refractivity contribution in [2.75, 3.05) is 0 Å². The van der Waals surface area contributed by atoms with E-state index in [1.54, 1.807) is 0 Å². The van der Waals surface area contributed by atoms with Crippen LogP contribution in [-0.2, 0) is 19.2 Å². The van der Waals surface area contributed by atoms with Crippen molar-refractivity contribution in [3.63, 3.8) is 0 Å². The lowest BCUT2D eigenvalue weighted by Crippen LogP contribution is -2.74. The predicted octanol–water partition coefficient (Wildman–Crippen LogP) is -0.273. The van der Waals surface area contributed by atoms with Crippen LogP contribution in [0.1, 0.15) is 20.3 Å². The average molecular weight is 260 g/mol. The van der Waals surface area contributed by atoms with Gasteiger partial charge in [-0.2, -0.15) is 0 Å². The number of aliphatic carboxylic acids is 4. The van der Waals surface area contributed by atoms with E-state index in [0.29, 0.717) is 0 Å². The molecule has 0 aromatic carbocycles. The van der Waals surface area contributed by atoms with Gasteiger partial charge in [0.1, 0.15) is 5.41 Å². The summed E-state index contributed by atoms with van der Waals surface area (Å²) in [5.74, 6) is -6.99. The van der Waals surface area contributed by atoms with Gasteiger partial charge in [-0.3, -0.25) is 19.2 Å². The van der Waals surface area contributed by atoms with Gasteiger partial charge in [0.15, 0.2) is 5.41 Å². The van der Waals surface area contributed by atoms with Crippen LogP contribution >= 0.6 is 0 Å². The Hall–Kier alpha value is -2.12. The number of carboxylic acid groups (broad SMARTS) is 4. The van der Waals surface area contributed by atoms with Crippen LogP contribution in [0.2, 0.25) is 0 Å². The lowest BCUT2D eigenvalue weighted by atomic mass is 9.37. The van der Waals surface area contributed by atoms with Gasteiger partial charge in [0, 0.05) is 0 Å². The fourth-order valence-electron chi connectivity index (χ4n) is 2.63. The second-order valence-electron chi connectivity index (χ2n) is 4.76. The van der Waals surface area contributed by atoms with Crippen LogP contribution in [0.25, 0.3) is 0 Å². The summed E-state index contributed by atoms with van der Waals surface area (Å²) < 4.78 is 0. The molecule has 18 heavy (non-hydrogen) atoms. The number of hydrogen-bond donors (Lipinski definition) is 4. The van der Waals surface area contributed by atoms with Crippen LogP contribution < -0.4 is 0 Å². The Morgan fingerprint density at radius 2 is 1.17 bits per heavy atom. The lowest BCUT2D eigenvalue weighted by Gasteiger charge is -2.59. The molecule has 0 radical (unpaired) electrons. The fourth-order valence-corrected chi connectivity index (χ4v) is 2.63. The molecule has 0 bridgehead atoms. The molecule has 1 saturated carbocycles. The highest BCUT2D eigenvalue weighted by Crippen LogP contribution is 2.68. The largest absolute Gasteiger partial charge is 0.481 e. The maximum Gasteiger partial charge on any atom is 0.322 e. The molecule has 100 valence electrons. The molecule has 0 aromatic heterocycles. The van der Waals surface area contributed by atoms with Crippen molar-refractivity contribution in [3.8, 4) is 0 Å². The Morgan fingerprint density at radius 3 is 1.39 bits per heavy atom. The summed E-state index contributed by atoms with van der Waals surface area (Å²) in [5, 5.41) is 36.2. The minimum Gasteiger partial charge on any atom is -0.481 e. The van der Waals surface area contributed by atoms with Crippen LogP contribution in [0.4, 0.5) is 0 Å². The highest BCUT2D eigenvalue weighted by atomic mass is 16.4. The molecule has 1 rings (SSSR count). The highest BCUT2D eigenvalue weighted by Gasteiger charge is 2.83. The molecule has 8 heteroatoms. The van der Waals surface area contributed by atoms with Crippen LogP contribution in [0.3, 0.4) is 0 Å². The van der Waals surface area contributed by atoms with E-state index in [1.807, 2.05) is 0 Å². The molecule has 0 heterocycles. The van der Waals surface area contributed by atoms with E-state index >= 15 is 0 Å². The molecule has 0 aromatic rings. The first kappa shape index (κ1) is 13.9. The van der Waals surface area contributed by atoms with E-state index in [9.17, 15) is 19.2 Å². The number of carbonyl (C=O) groups is 4. The van der Waals surface area contributed by atoms with Crippen molar-refractivity contribution in [1.29, 1.82) is 0 Å². The van der Waals surface area contributed by atoms with Gasteiger partial charge in [-0.05, 0) is 20.3 Å². The standard InChI is InChI=1S/C10H12O8/c1-8(4(11)12)3-10(6(15)16,7(17)18)9(8,2)5(13)14/h3H2,1-2H3,(H,11,12)(H,13,14)(H,15,16)(H,17,18). The van der Waals surface area contributed by atoms with Gasteiger partial charge in [0.25, 0.3) is 0 Å². The summed E-state index contributed by atoms with van der Waals surface area (Å²) in [6.45, 7) is 1.88. The molecule has 1 aliphatic rings. The van der Waals surface area contributed by atoms with E-state index in [4.69, 9.17) is 20.4 Å². The molecular weight excluding hydrogens is 248 g/mol. The lowest BCUT2D eigenvalue weighted by molar-refractivity contribution is -0.237. The zero-order valence-electron chi connectivity index (χ0n) is 9.63. The molecule has 1 fully saturated rings. The third-order valence-corrected chi connectivity index (χ3v) is 4.21. The summed E-state index contributed by atoms with van der Waals surface area (Å²) in [7, 11) is 0. The van der Waals surface area contributed by atoms with Gasteiger partial charge in [0.05, 0.1) is 5.41 Å². The van der Waals surface area contributed by atoms with Crippen molar-refractivity contribution in [3.05, 3.63) is 0 Å². The fraction of sp³-hybridized carbons (Fsp3) is 0.600. The van der Waals surface area contributed by atoms with Crippen molar-refractivity contribution in [1.82, 2.24) is 0 Å². The van der Waals surface area contributed by atoms with Gasteiger partial charge in [-0.1, -0.05) is 0 Å². The number of hydrogen-bond acceptors (Lipinski definition) is 4. The van der Waals surface area contributed by atoms with E-state index in [2.05, 4.69) is 0 Å². The first-order valence-electron chi connectivity index (χ1n) is 4.92. The second kappa shape index (κ2) is 3.44. The maximum atomic E-state index is 11.3. The zero-order valence-corrected chi connectivity index (χ0v) is 9.63. The van der Waals surface area contributed by atoms with E-state index in [-0.39, 0.29) is 0 Å². The molecule has 0 saturated heterocycles. The Labute approximate surface area is 101 Å². The SMILES string of the molecule is CC1(C(=O)O)CC(C(=O)O)(C(=O)O)C1(C)C(=O)O. The molecule has 2 unspecified atom stereocenters. The summed E-state index contributed by atoms with van der Waals surface area (Å²) in [4.78, 5) is 44.6. The molecule has 0 aliphatic heterocycles. The third-order valence-electron chi connectivity index (χ3n) is 4.21. The Balaban J connectivity index is 3.55. The maximum absolute atomic E-state index is 11.3. The molecule has 4 N–H and O–H groups in total. The minimum atomic E-state index is -2.63. The summed E-state index contributed by atoms with van der Waals surface area (Å²) in [6, 6.07) is 0. The molecule has 0 amide bonds. The smallest absolute Gasteiger partial charge is 0.322 e. The first-order valence-corrected chi connectivity index (χ1v) is 4.92. The van der Waals surface area contributed by atoms with Crippen molar-refractivity contribution in [2.24, 2.45) is 16.2 Å². The molecule has 2 atom stereocenters. The van der Waals surface area contributed by atoms with Crippen molar-refractivity contribution < 1.29 is 39.6 Å². The molecule has 0 spiro atoms. The number of rotatable bonds is 4. The molecular formula is C10H12O8. The number of carboxylic acids is 4. The van der Waals surface area contributed by atoms with E-state index in [1.165, 1.54) is 0 Å². The Kier molecular flexibility index (Phi) is 2.66. The first-order chi connectivity index (χ1) is 7.98. The predicted molar refractivity (Wildman–Crippen MR) is 53.8 cm³/mol. The van der Waals surface area contributed by atoms with Crippen LogP contribution in [0.15, 0.2) is 0 Å². The van der Waals surface area contributed by atoms with Gasteiger partial charge in [-0.25, -0.2) is 0 Å². The van der Waals surface area contributed by atoms with Crippen molar-refractivity contribution >= 4 is 23.9 Å². The van der Waals surface area contributed by atoms with Gasteiger partial charge in [0.2, 0.25) is 0 Å². The van der Waals surface area contributed by atoms with E-state index in [0.717, 1.165) is 13.8 Å². The van der Waals surface area contributed by atoms with Crippen LogP contribution in [0, 0.1) is 16.2 Å². The minimum absolute atomic E-state index is 0.775. The summed E-state index contributed by atoms with van der Waals surface area (Å²) >= 11 is 0. The topological polar surface area (TPSA) is 149 Å². The van der Waals surface area contributed by atoms with Crippen molar-refractivity contribution in [2.45, 2.75) is 20.3 Å². The third kappa shape index (κ3) is 1.09. The van der Waals surface area contributed by atoms with Gasteiger partial charge in [-0.15, -0.1) is 0 Å².